The summed E-state index contributed by atoms with van der Waals surface area (Å²) in [6.45, 7) is 8.73. The largest absolute Gasteiger partial charge is 0.243 e. The Morgan fingerprint density at radius 2 is 1.09 bits per heavy atom. The van der Waals surface area contributed by atoms with Crippen molar-refractivity contribution in [2.75, 3.05) is 0 Å². The average molecular weight is 471 g/mol. The van der Waals surface area contributed by atoms with Crippen molar-refractivity contribution in [2.45, 2.75) is 39.5 Å². The second-order valence-corrected chi connectivity index (χ2v) is 9.50. The average Bonchev–Trinajstić information content (AvgIpc) is 2.81. The normalized spacial score (nSPS) is 11.0. The molecule has 0 bridgehead atoms. The van der Waals surface area contributed by atoms with Gasteiger partial charge in [0.15, 0.2) is 0 Å². The van der Waals surface area contributed by atoms with Crippen LogP contribution in [0.5, 0.6) is 0 Å². The van der Waals surface area contributed by atoms with Crippen LogP contribution in [0.4, 0.5) is 0 Å². The van der Waals surface area contributed by atoms with Gasteiger partial charge in [-0.05, 0) is 49.9 Å². The number of alkyl halides is 2. The van der Waals surface area contributed by atoms with Crippen LogP contribution in [0.25, 0.3) is 11.1 Å². The van der Waals surface area contributed by atoms with Gasteiger partial charge in [-0.2, -0.15) is 0 Å². The molecule has 4 aromatic carbocycles. The van der Waals surface area contributed by atoms with Gasteiger partial charge in [0.2, 0.25) is 6.71 Å². The van der Waals surface area contributed by atoms with Crippen LogP contribution in [0.15, 0.2) is 78.9 Å². The van der Waals surface area contributed by atoms with Gasteiger partial charge in [0, 0.05) is 11.8 Å². The van der Waals surface area contributed by atoms with E-state index in [1.807, 2.05) is 0 Å². The molecule has 4 aromatic rings. The highest BCUT2D eigenvalue weighted by molar-refractivity contribution is 6.97. The third-order valence-corrected chi connectivity index (χ3v) is 7.03. The van der Waals surface area contributed by atoms with Gasteiger partial charge < -0.3 is 0 Å². The molecule has 0 aliphatic heterocycles. The van der Waals surface area contributed by atoms with Crippen LogP contribution in [0, 0.1) is 27.7 Å². The lowest BCUT2D eigenvalue weighted by molar-refractivity contribution is 1.31. The quantitative estimate of drug-likeness (QED) is 0.220. The van der Waals surface area contributed by atoms with E-state index >= 15 is 0 Å². The molecule has 33 heavy (non-hydrogen) atoms. The predicted molar refractivity (Wildman–Crippen MR) is 147 cm³/mol. The Balaban J connectivity index is 2.12. The zero-order valence-corrected chi connectivity index (χ0v) is 21.3. The Kier molecular flexibility index (Phi) is 7.32. The van der Waals surface area contributed by atoms with Gasteiger partial charge in [-0.15, -0.1) is 23.2 Å². The van der Waals surface area contributed by atoms with E-state index in [2.05, 4.69) is 107 Å². The van der Waals surface area contributed by atoms with Gasteiger partial charge in [0.05, 0.1) is 0 Å². The number of hydrogen-bond acceptors (Lipinski definition) is 0. The summed E-state index contributed by atoms with van der Waals surface area (Å²) in [6, 6.07) is 28.4. The van der Waals surface area contributed by atoms with Gasteiger partial charge in [-0.1, -0.05) is 118 Å². The zero-order valence-electron chi connectivity index (χ0n) is 19.8. The summed E-state index contributed by atoms with van der Waals surface area (Å²) in [7, 11) is 0. The molecular weight excluding hydrogens is 442 g/mol. The van der Waals surface area contributed by atoms with Crippen LogP contribution in [0.1, 0.15) is 33.4 Å². The zero-order chi connectivity index (χ0) is 23.5. The fraction of sp³-hybridized carbons (Fsp3) is 0.200. The summed E-state index contributed by atoms with van der Waals surface area (Å²) in [6.07, 6.45) is 0. The van der Waals surface area contributed by atoms with Crippen molar-refractivity contribution in [3.63, 3.8) is 0 Å². The topological polar surface area (TPSA) is 0 Å². The first kappa shape index (κ1) is 23.7. The predicted octanol–water partition coefficient (Wildman–Crippen LogP) is 6.58. The first-order valence-corrected chi connectivity index (χ1v) is 12.5. The van der Waals surface area contributed by atoms with E-state index in [0.717, 1.165) is 0 Å². The number of benzene rings is 4. The van der Waals surface area contributed by atoms with Crippen molar-refractivity contribution in [1.29, 1.82) is 0 Å². The molecule has 0 nitrogen and oxygen atoms in total. The third kappa shape index (κ3) is 4.76. The van der Waals surface area contributed by atoms with Crippen molar-refractivity contribution in [1.82, 2.24) is 0 Å². The van der Waals surface area contributed by atoms with E-state index in [-0.39, 0.29) is 6.71 Å². The molecule has 4 rings (SSSR count). The van der Waals surface area contributed by atoms with Crippen LogP contribution in [0.3, 0.4) is 0 Å². The molecule has 0 fully saturated rings. The van der Waals surface area contributed by atoms with E-state index in [1.54, 1.807) is 0 Å². The fourth-order valence-corrected chi connectivity index (χ4v) is 5.71. The molecule has 0 aliphatic carbocycles. The number of hydrogen-bond donors (Lipinski definition) is 0. The lowest BCUT2D eigenvalue weighted by Gasteiger charge is -2.27. The lowest BCUT2D eigenvalue weighted by atomic mass is 9.33. The number of aryl methyl sites for hydroxylation is 4. The first-order chi connectivity index (χ1) is 15.9. The van der Waals surface area contributed by atoms with Crippen molar-refractivity contribution in [2.24, 2.45) is 0 Å². The van der Waals surface area contributed by atoms with Gasteiger partial charge in [0.25, 0.3) is 0 Å². The standard InChI is InChI=1S/C30H29BCl2/c1-20-14-22(3)29(25(16-20)18-32)31(30-23(4)15-21(2)17-26(30)19-33)28-13-9-8-12-27(28)24-10-6-5-7-11-24/h5-17H,18-19H2,1-4H3. The first-order valence-electron chi connectivity index (χ1n) is 11.4. The minimum absolute atomic E-state index is 0.0325. The Labute approximate surface area is 208 Å². The van der Waals surface area contributed by atoms with Gasteiger partial charge in [0.1, 0.15) is 0 Å². The highest BCUT2D eigenvalue weighted by atomic mass is 35.5. The molecule has 0 saturated heterocycles. The van der Waals surface area contributed by atoms with Crippen molar-refractivity contribution < 1.29 is 0 Å². The molecule has 166 valence electrons. The third-order valence-electron chi connectivity index (χ3n) is 6.46. The van der Waals surface area contributed by atoms with E-state index in [4.69, 9.17) is 23.2 Å². The van der Waals surface area contributed by atoms with E-state index < -0.39 is 0 Å². The number of rotatable bonds is 6. The summed E-state index contributed by atoms with van der Waals surface area (Å²) in [5.41, 5.74) is 13.7. The summed E-state index contributed by atoms with van der Waals surface area (Å²) in [5, 5.41) is 0. The highest BCUT2D eigenvalue weighted by Crippen LogP contribution is 2.21. The van der Waals surface area contributed by atoms with Crippen LogP contribution < -0.4 is 16.4 Å². The molecule has 0 N–H and O–H groups in total. The number of halogens is 2. The SMILES string of the molecule is Cc1cc(C)c(B(c2ccccc2-c2ccccc2)c2c(C)cc(C)cc2CCl)c(CCl)c1. The molecule has 0 unspecified atom stereocenters. The van der Waals surface area contributed by atoms with Crippen LogP contribution >= 0.6 is 23.2 Å². The highest BCUT2D eigenvalue weighted by Gasteiger charge is 2.31. The maximum absolute atomic E-state index is 6.56. The molecule has 0 atom stereocenters. The second kappa shape index (κ2) is 10.2. The molecule has 0 aliphatic rings. The molecule has 0 aromatic heterocycles. The van der Waals surface area contributed by atoms with Crippen LogP contribution in [0.2, 0.25) is 0 Å². The van der Waals surface area contributed by atoms with Gasteiger partial charge in [-0.3, -0.25) is 0 Å². The van der Waals surface area contributed by atoms with Crippen LogP contribution in [-0.2, 0) is 11.8 Å². The summed E-state index contributed by atoms with van der Waals surface area (Å²) in [5.74, 6) is 0.950. The van der Waals surface area contributed by atoms with Crippen molar-refractivity contribution >= 4 is 46.3 Å². The van der Waals surface area contributed by atoms with Crippen molar-refractivity contribution in [3.05, 3.63) is 112 Å². The molecule has 0 saturated carbocycles. The molecule has 0 heterocycles. The fourth-order valence-electron chi connectivity index (χ4n) is 5.27. The van der Waals surface area contributed by atoms with Crippen LogP contribution in [-0.4, -0.2) is 6.71 Å². The molecule has 3 heteroatoms. The Hall–Kier alpha value is -2.48. The van der Waals surface area contributed by atoms with Gasteiger partial charge in [-0.25, -0.2) is 0 Å². The smallest absolute Gasteiger partial charge is 0.122 e. The monoisotopic (exact) mass is 470 g/mol. The lowest BCUT2D eigenvalue weighted by Crippen LogP contribution is -2.56. The van der Waals surface area contributed by atoms with Crippen molar-refractivity contribution in [3.8, 4) is 11.1 Å². The van der Waals surface area contributed by atoms with Gasteiger partial charge >= 0.3 is 0 Å². The maximum Gasteiger partial charge on any atom is 0.243 e. The molecular formula is C30H29BCl2. The van der Waals surface area contributed by atoms with E-state index in [1.165, 1.54) is 60.9 Å². The summed E-state index contributed by atoms with van der Waals surface area (Å²) in [4.78, 5) is 0. The van der Waals surface area contributed by atoms with E-state index in [9.17, 15) is 0 Å². The molecule has 0 radical (unpaired) electrons. The Morgan fingerprint density at radius 1 is 0.606 bits per heavy atom. The van der Waals surface area contributed by atoms with E-state index in [0.29, 0.717) is 11.8 Å². The minimum atomic E-state index is 0.0325. The Bertz CT molecular complexity index is 1220. The second-order valence-electron chi connectivity index (χ2n) is 8.96. The summed E-state index contributed by atoms with van der Waals surface area (Å²) < 4.78 is 0. The molecule has 0 amide bonds. The Morgan fingerprint density at radius 3 is 1.61 bits per heavy atom. The maximum atomic E-state index is 6.56. The molecule has 0 spiro atoms. The minimum Gasteiger partial charge on any atom is -0.122 e. The summed E-state index contributed by atoms with van der Waals surface area (Å²) >= 11 is 13.1.